The van der Waals surface area contributed by atoms with Crippen LogP contribution < -0.4 is 0 Å². The third-order valence-corrected chi connectivity index (χ3v) is 2.23. The highest BCUT2D eigenvalue weighted by Crippen LogP contribution is 2.14. The Morgan fingerprint density at radius 2 is 1.43 bits per heavy atom. The third-order valence-electron chi connectivity index (χ3n) is 1.08. The average Bonchev–Trinajstić information content (AvgIpc) is 1.72. The Labute approximate surface area is 50.7 Å². The van der Waals surface area contributed by atoms with E-state index in [-0.39, 0.29) is 7.43 Å². The second kappa shape index (κ2) is 4.51. The van der Waals surface area contributed by atoms with E-state index in [4.69, 9.17) is 0 Å². The molecular formula is C6H10S. The molecule has 0 bridgehead atoms. The summed E-state index contributed by atoms with van der Waals surface area (Å²) in [7, 11) is 0. The Morgan fingerprint density at radius 3 is 1.57 bits per heavy atom. The van der Waals surface area contributed by atoms with Crippen molar-refractivity contribution in [1.82, 2.24) is 0 Å². The summed E-state index contributed by atoms with van der Waals surface area (Å²) < 4.78 is 0. The lowest BCUT2D eigenvalue weighted by atomic mass is 10.3. The summed E-state index contributed by atoms with van der Waals surface area (Å²) in [5.74, 6) is 2.83. The normalized spacial score (nSPS) is 20.6. The van der Waals surface area contributed by atoms with Gasteiger partial charge in [0, 0.05) is 7.43 Å². The SMILES string of the molecule is C1CCSCC1.[C]. The molecule has 4 radical (unpaired) electrons. The molecule has 0 aromatic heterocycles. The maximum atomic E-state index is 2.09. The van der Waals surface area contributed by atoms with Gasteiger partial charge < -0.3 is 0 Å². The molecule has 1 aliphatic heterocycles. The first-order chi connectivity index (χ1) is 3.00. The van der Waals surface area contributed by atoms with Gasteiger partial charge in [-0.3, -0.25) is 0 Å². The summed E-state index contributed by atoms with van der Waals surface area (Å²) in [4.78, 5) is 0. The predicted octanol–water partition coefficient (Wildman–Crippen LogP) is 1.98. The fourth-order valence-electron chi connectivity index (χ4n) is 0.687. The number of rotatable bonds is 0. The van der Waals surface area contributed by atoms with Crippen LogP contribution in [-0.2, 0) is 0 Å². The fraction of sp³-hybridized carbons (Fsp3) is 0.833. The molecule has 0 aliphatic carbocycles. The standard InChI is InChI=1S/C5H10S.C/c1-2-4-6-5-3-1;/h1-5H2;. The number of hydrogen-bond acceptors (Lipinski definition) is 1. The van der Waals surface area contributed by atoms with Crippen molar-refractivity contribution < 1.29 is 0 Å². The molecule has 0 N–H and O–H groups in total. The van der Waals surface area contributed by atoms with Gasteiger partial charge in [0.2, 0.25) is 0 Å². The summed E-state index contributed by atoms with van der Waals surface area (Å²) in [6.07, 6.45) is 4.41. The molecule has 1 heteroatoms. The quantitative estimate of drug-likeness (QED) is 0.464. The van der Waals surface area contributed by atoms with Crippen molar-refractivity contribution in [2.24, 2.45) is 0 Å². The highest BCUT2D eigenvalue weighted by atomic mass is 32.2. The molecule has 7 heavy (non-hydrogen) atoms. The smallest absolute Gasteiger partial charge is 0 e. The van der Waals surface area contributed by atoms with Crippen LogP contribution in [0.5, 0.6) is 0 Å². The van der Waals surface area contributed by atoms with Gasteiger partial charge in [0.15, 0.2) is 0 Å². The highest BCUT2D eigenvalue weighted by Gasteiger charge is 1.95. The molecule has 1 aliphatic rings. The average molecular weight is 114 g/mol. The second-order valence-electron chi connectivity index (χ2n) is 1.67. The minimum absolute atomic E-state index is 0. The zero-order chi connectivity index (χ0) is 4.24. The molecular weight excluding hydrogens is 104 g/mol. The van der Waals surface area contributed by atoms with Gasteiger partial charge in [0.25, 0.3) is 0 Å². The predicted molar refractivity (Wildman–Crippen MR) is 34.4 cm³/mol. The summed E-state index contributed by atoms with van der Waals surface area (Å²) in [6, 6.07) is 0. The number of hydrogen-bond donors (Lipinski definition) is 0. The van der Waals surface area contributed by atoms with Crippen molar-refractivity contribution >= 4 is 11.8 Å². The highest BCUT2D eigenvalue weighted by molar-refractivity contribution is 7.99. The number of thioether (sulfide) groups is 1. The molecule has 0 unspecified atom stereocenters. The van der Waals surface area contributed by atoms with Crippen molar-refractivity contribution in [2.75, 3.05) is 11.5 Å². The van der Waals surface area contributed by atoms with E-state index in [1.54, 1.807) is 0 Å². The summed E-state index contributed by atoms with van der Waals surface area (Å²) in [5.41, 5.74) is 0. The maximum Gasteiger partial charge on any atom is 0 e. The van der Waals surface area contributed by atoms with Gasteiger partial charge in [-0.2, -0.15) is 11.8 Å². The van der Waals surface area contributed by atoms with E-state index in [0.29, 0.717) is 0 Å². The van der Waals surface area contributed by atoms with E-state index in [2.05, 4.69) is 11.8 Å². The molecule has 0 spiro atoms. The van der Waals surface area contributed by atoms with Crippen LogP contribution in [0.25, 0.3) is 0 Å². The van der Waals surface area contributed by atoms with Crippen LogP contribution in [-0.4, -0.2) is 11.5 Å². The summed E-state index contributed by atoms with van der Waals surface area (Å²) >= 11 is 2.09. The third kappa shape index (κ3) is 2.98. The Balaban J connectivity index is 0.000000360. The van der Waals surface area contributed by atoms with Crippen molar-refractivity contribution in [3.8, 4) is 0 Å². The molecule has 0 atom stereocenters. The molecule has 0 aromatic carbocycles. The molecule has 0 nitrogen and oxygen atoms in total. The van der Waals surface area contributed by atoms with Gasteiger partial charge in [0.1, 0.15) is 0 Å². The van der Waals surface area contributed by atoms with Crippen LogP contribution in [0.1, 0.15) is 19.3 Å². The van der Waals surface area contributed by atoms with E-state index < -0.39 is 0 Å². The maximum absolute atomic E-state index is 2.09. The molecule has 1 fully saturated rings. The Kier molecular flexibility index (Phi) is 4.73. The topological polar surface area (TPSA) is 0 Å². The van der Waals surface area contributed by atoms with Crippen molar-refractivity contribution in [2.45, 2.75) is 19.3 Å². The first-order valence-electron chi connectivity index (χ1n) is 2.58. The minimum atomic E-state index is 0. The van der Waals surface area contributed by atoms with Crippen LogP contribution in [0, 0.1) is 7.43 Å². The lowest BCUT2D eigenvalue weighted by molar-refractivity contribution is 0.764. The van der Waals surface area contributed by atoms with Crippen molar-refractivity contribution in [3.63, 3.8) is 0 Å². The van der Waals surface area contributed by atoms with Gasteiger partial charge >= 0.3 is 0 Å². The van der Waals surface area contributed by atoms with Gasteiger partial charge in [-0.15, -0.1) is 0 Å². The van der Waals surface area contributed by atoms with Gasteiger partial charge in [-0.25, -0.2) is 0 Å². The zero-order valence-corrected chi connectivity index (χ0v) is 5.26. The van der Waals surface area contributed by atoms with E-state index in [1.165, 1.54) is 30.8 Å². The van der Waals surface area contributed by atoms with Crippen LogP contribution in [0.3, 0.4) is 0 Å². The van der Waals surface area contributed by atoms with E-state index >= 15 is 0 Å². The first kappa shape index (κ1) is 7.35. The Morgan fingerprint density at radius 1 is 0.857 bits per heavy atom. The minimum Gasteiger partial charge on any atom is -0.162 e. The van der Waals surface area contributed by atoms with Crippen LogP contribution >= 0.6 is 11.8 Å². The van der Waals surface area contributed by atoms with Crippen molar-refractivity contribution in [3.05, 3.63) is 7.43 Å². The van der Waals surface area contributed by atoms with Gasteiger partial charge in [0.05, 0.1) is 0 Å². The molecule has 0 amide bonds. The Hall–Kier alpha value is 0.350. The van der Waals surface area contributed by atoms with Gasteiger partial charge in [-0.05, 0) is 24.3 Å². The van der Waals surface area contributed by atoms with Crippen LogP contribution in [0.4, 0.5) is 0 Å². The monoisotopic (exact) mass is 114 g/mol. The Bertz CT molecular complexity index is 19.7. The molecule has 0 saturated carbocycles. The largest absolute Gasteiger partial charge is 0.162 e. The molecule has 1 heterocycles. The van der Waals surface area contributed by atoms with E-state index in [1.807, 2.05) is 0 Å². The lowest BCUT2D eigenvalue weighted by Crippen LogP contribution is -1.91. The van der Waals surface area contributed by atoms with E-state index in [0.717, 1.165) is 0 Å². The summed E-state index contributed by atoms with van der Waals surface area (Å²) in [6.45, 7) is 0. The molecule has 0 aromatic rings. The first-order valence-corrected chi connectivity index (χ1v) is 3.73. The van der Waals surface area contributed by atoms with Crippen LogP contribution in [0.15, 0.2) is 0 Å². The van der Waals surface area contributed by atoms with Crippen molar-refractivity contribution in [1.29, 1.82) is 0 Å². The van der Waals surface area contributed by atoms with Crippen LogP contribution in [0.2, 0.25) is 0 Å². The lowest BCUT2D eigenvalue weighted by Gasteiger charge is -2.05. The van der Waals surface area contributed by atoms with E-state index in [9.17, 15) is 0 Å². The summed E-state index contributed by atoms with van der Waals surface area (Å²) in [5, 5.41) is 0. The second-order valence-corrected chi connectivity index (χ2v) is 2.90. The molecule has 1 saturated heterocycles. The van der Waals surface area contributed by atoms with Gasteiger partial charge in [-0.1, -0.05) is 6.42 Å². The zero-order valence-electron chi connectivity index (χ0n) is 4.44. The molecule has 40 valence electrons. The fourth-order valence-corrected chi connectivity index (χ4v) is 1.71. The molecule has 1 rings (SSSR count).